The van der Waals surface area contributed by atoms with E-state index < -0.39 is 0 Å². The fourth-order valence-corrected chi connectivity index (χ4v) is 3.42. The topological polar surface area (TPSA) is 51.0 Å². The summed E-state index contributed by atoms with van der Waals surface area (Å²) in [6.45, 7) is 9.98. The van der Waals surface area contributed by atoms with Gasteiger partial charge < -0.3 is 9.84 Å². The molecule has 0 bridgehead atoms. The summed E-state index contributed by atoms with van der Waals surface area (Å²) in [7, 11) is 0. The van der Waals surface area contributed by atoms with E-state index in [1.165, 1.54) is 25.7 Å². The summed E-state index contributed by atoms with van der Waals surface area (Å²) in [5, 5.41) is 7.70. The number of rotatable bonds is 7. The zero-order chi connectivity index (χ0) is 15.2. The fourth-order valence-electron chi connectivity index (χ4n) is 3.42. The van der Waals surface area contributed by atoms with Crippen LogP contribution in [0.25, 0.3) is 0 Å². The molecule has 120 valence electrons. The van der Waals surface area contributed by atoms with Crippen molar-refractivity contribution in [3.8, 4) is 0 Å². The molecule has 0 radical (unpaired) electrons. The number of nitrogens with zero attached hydrogens (tertiary/aromatic N) is 2. The highest BCUT2D eigenvalue weighted by Crippen LogP contribution is 2.37. The molecular formula is C17H31N3O. The maximum absolute atomic E-state index is 5.47. The molecule has 1 saturated carbocycles. The molecule has 4 heteroatoms. The molecule has 21 heavy (non-hydrogen) atoms. The first-order chi connectivity index (χ1) is 10.1. The van der Waals surface area contributed by atoms with Crippen LogP contribution < -0.4 is 5.32 Å². The lowest BCUT2D eigenvalue weighted by molar-refractivity contribution is 0.251. The molecule has 0 spiro atoms. The van der Waals surface area contributed by atoms with E-state index in [9.17, 15) is 0 Å². The quantitative estimate of drug-likeness (QED) is 0.827. The third-order valence-electron chi connectivity index (χ3n) is 4.97. The summed E-state index contributed by atoms with van der Waals surface area (Å²) >= 11 is 0. The van der Waals surface area contributed by atoms with Crippen molar-refractivity contribution in [3.63, 3.8) is 0 Å². The summed E-state index contributed by atoms with van der Waals surface area (Å²) in [6.07, 6.45) is 6.98. The van der Waals surface area contributed by atoms with Crippen LogP contribution in [0.5, 0.6) is 0 Å². The van der Waals surface area contributed by atoms with Gasteiger partial charge in [-0.3, -0.25) is 0 Å². The van der Waals surface area contributed by atoms with Gasteiger partial charge in [-0.05, 0) is 50.5 Å². The van der Waals surface area contributed by atoms with Crippen molar-refractivity contribution in [1.82, 2.24) is 15.5 Å². The highest BCUT2D eigenvalue weighted by Gasteiger charge is 2.27. The van der Waals surface area contributed by atoms with E-state index in [0.29, 0.717) is 12.0 Å². The third-order valence-corrected chi connectivity index (χ3v) is 4.97. The Hall–Kier alpha value is -0.900. The minimum atomic E-state index is 0.444. The van der Waals surface area contributed by atoms with Gasteiger partial charge in [0, 0.05) is 18.4 Å². The Morgan fingerprint density at radius 1 is 1.19 bits per heavy atom. The molecular weight excluding hydrogens is 262 g/mol. The molecule has 4 nitrogen and oxygen atoms in total. The molecule has 1 fully saturated rings. The summed E-state index contributed by atoms with van der Waals surface area (Å²) in [5.41, 5.74) is 0. The van der Waals surface area contributed by atoms with Crippen molar-refractivity contribution in [2.75, 3.05) is 6.54 Å². The average Bonchev–Trinajstić information content (AvgIpc) is 2.95. The highest BCUT2D eigenvalue weighted by atomic mass is 16.5. The normalized spacial score (nSPS) is 24.4. The fraction of sp³-hybridized carbons (Fsp3) is 0.882. The molecule has 0 aromatic carbocycles. The molecule has 1 heterocycles. The number of likely N-dealkylation sites (N-methyl/N-ethyl adjacent to an activating group) is 1. The van der Waals surface area contributed by atoms with Gasteiger partial charge in [0.1, 0.15) is 0 Å². The molecule has 1 aromatic heterocycles. The Morgan fingerprint density at radius 3 is 2.48 bits per heavy atom. The van der Waals surface area contributed by atoms with Crippen LogP contribution in [-0.2, 0) is 6.42 Å². The molecule has 0 saturated heterocycles. The lowest BCUT2D eigenvalue weighted by atomic mass is 9.77. The second kappa shape index (κ2) is 7.92. The lowest BCUT2D eigenvalue weighted by Crippen LogP contribution is -2.30. The van der Waals surface area contributed by atoms with E-state index in [4.69, 9.17) is 4.52 Å². The largest absolute Gasteiger partial charge is 0.339 e. The van der Waals surface area contributed by atoms with Gasteiger partial charge in [-0.2, -0.15) is 4.98 Å². The first-order valence-corrected chi connectivity index (χ1v) is 8.69. The molecule has 1 atom stereocenters. The number of hydrogen-bond acceptors (Lipinski definition) is 4. The van der Waals surface area contributed by atoms with Gasteiger partial charge in [-0.25, -0.2) is 0 Å². The molecule has 0 aliphatic heterocycles. The van der Waals surface area contributed by atoms with E-state index in [-0.39, 0.29) is 0 Å². The monoisotopic (exact) mass is 293 g/mol. The number of nitrogens with one attached hydrogen (secondary N) is 1. The molecule has 0 amide bonds. The van der Waals surface area contributed by atoms with E-state index in [0.717, 1.165) is 42.9 Å². The van der Waals surface area contributed by atoms with Crippen LogP contribution in [0.2, 0.25) is 0 Å². The van der Waals surface area contributed by atoms with E-state index >= 15 is 0 Å². The minimum Gasteiger partial charge on any atom is -0.339 e. The van der Waals surface area contributed by atoms with Crippen LogP contribution in [0.4, 0.5) is 0 Å². The van der Waals surface area contributed by atoms with E-state index in [2.05, 4.69) is 43.2 Å². The summed E-state index contributed by atoms with van der Waals surface area (Å²) in [6, 6.07) is 0.444. The van der Waals surface area contributed by atoms with E-state index in [1.807, 2.05) is 0 Å². The van der Waals surface area contributed by atoms with Gasteiger partial charge >= 0.3 is 0 Å². The Bertz CT molecular complexity index is 408. The van der Waals surface area contributed by atoms with Gasteiger partial charge in [0.2, 0.25) is 5.89 Å². The predicted octanol–water partition coefficient (Wildman–Crippen LogP) is 3.93. The Labute approximate surface area is 129 Å². The molecule has 1 aliphatic rings. The molecule has 1 N–H and O–H groups in total. The van der Waals surface area contributed by atoms with Crippen molar-refractivity contribution in [2.24, 2.45) is 11.8 Å². The average molecular weight is 293 g/mol. The van der Waals surface area contributed by atoms with Crippen LogP contribution in [0.3, 0.4) is 0 Å². The standard InChI is InChI=1S/C17H31N3O/c1-5-15(18-6-2)11-16-19-17(20-21-16)14-9-7-13(8-10-14)12(3)4/h12-15,18H,5-11H2,1-4H3. The lowest BCUT2D eigenvalue weighted by Gasteiger charge is -2.29. The van der Waals surface area contributed by atoms with Gasteiger partial charge in [0.25, 0.3) is 0 Å². The van der Waals surface area contributed by atoms with E-state index in [1.54, 1.807) is 0 Å². The van der Waals surface area contributed by atoms with Crippen molar-refractivity contribution in [2.45, 2.75) is 78.2 Å². The summed E-state index contributed by atoms with van der Waals surface area (Å²) in [5.74, 6) is 3.93. The van der Waals surface area contributed by atoms with Gasteiger partial charge in [0.15, 0.2) is 5.82 Å². The van der Waals surface area contributed by atoms with Crippen molar-refractivity contribution < 1.29 is 4.52 Å². The SMILES string of the molecule is CCNC(CC)Cc1nc(C2CCC(C(C)C)CC2)no1. The maximum atomic E-state index is 5.47. The van der Waals surface area contributed by atoms with Crippen molar-refractivity contribution >= 4 is 0 Å². The maximum Gasteiger partial charge on any atom is 0.228 e. The number of hydrogen-bond donors (Lipinski definition) is 1. The minimum absolute atomic E-state index is 0.444. The number of aromatic nitrogens is 2. The van der Waals surface area contributed by atoms with Crippen LogP contribution in [0, 0.1) is 11.8 Å². The summed E-state index contributed by atoms with van der Waals surface area (Å²) in [4.78, 5) is 4.66. The zero-order valence-electron chi connectivity index (χ0n) is 14.1. The predicted molar refractivity (Wildman–Crippen MR) is 85.3 cm³/mol. The van der Waals surface area contributed by atoms with Crippen molar-refractivity contribution in [3.05, 3.63) is 11.7 Å². The van der Waals surface area contributed by atoms with Crippen LogP contribution in [0.1, 0.15) is 77.4 Å². The third kappa shape index (κ3) is 4.53. The second-order valence-electron chi connectivity index (χ2n) is 6.77. The molecule has 1 aliphatic carbocycles. The van der Waals surface area contributed by atoms with Gasteiger partial charge in [-0.15, -0.1) is 0 Å². The molecule has 2 rings (SSSR count). The van der Waals surface area contributed by atoms with Crippen LogP contribution in [-0.4, -0.2) is 22.7 Å². The first kappa shape index (κ1) is 16.5. The summed E-state index contributed by atoms with van der Waals surface area (Å²) < 4.78 is 5.47. The Kier molecular flexibility index (Phi) is 6.22. The van der Waals surface area contributed by atoms with Crippen LogP contribution >= 0.6 is 0 Å². The Morgan fingerprint density at radius 2 is 1.90 bits per heavy atom. The van der Waals surface area contributed by atoms with Gasteiger partial charge in [-0.1, -0.05) is 32.9 Å². The first-order valence-electron chi connectivity index (χ1n) is 8.69. The molecule has 1 unspecified atom stereocenters. The van der Waals surface area contributed by atoms with Gasteiger partial charge in [0.05, 0.1) is 0 Å². The van der Waals surface area contributed by atoms with Crippen molar-refractivity contribution in [1.29, 1.82) is 0 Å². The Balaban J connectivity index is 1.88. The molecule has 1 aromatic rings. The highest BCUT2D eigenvalue weighted by molar-refractivity contribution is 4.99. The zero-order valence-corrected chi connectivity index (χ0v) is 14.1. The smallest absolute Gasteiger partial charge is 0.228 e. The van der Waals surface area contributed by atoms with Crippen LogP contribution in [0.15, 0.2) is 4.52 Å². The second-order valence-corrected chi connectivity index (χ2v) is 6.77.